The molecule has 3 nitrogen and oxygen atoms in total. The number of carbonyl (C=O) groups is 1. The Balaban J connectivity index is 1.82. The van der Waals surface area contributed by atoms with Gasteiger partial charge in [-0.2, -0.15) is 0 Å². The van der Waals surface area contributed by atoms with Crippen molar-refractivity contribution in [2.75, 3.05) is 6.61 Å². The molecule has 0 saturated heterocycles. The van der Waals surface area contributed by atoms with Crippen LogP contribution in [0.15, 0.2) is 17.5 Å². The summed E-state index contributed by atoms with van der Waals surface area (Å²) in [5.74, 6) is 0.777. The van der Waals surface area contributed by atoms with Gasteiger partial charge < -0.3 is 10.4 Å². The molecule has 1 saturated carbocycles. The van der Waals surface area contributed by atoms with Crippen molar-refractivity contribution in [3.8, 4) is 0 Å². The highest BCUT2D eigenvalue weighted by Gasteiger charge is 2.34. The highest BCUT2D eigenvalue weighted by Crippen LogP contribution is 2.31. The molecular weight excluding hydrogens is 258 g/mol. The van der Waals surface area contributed by atoms with Crippen LogP contribution >= 0.6 is 11.3 Å². The molecule has 2 N–H and O–H groups in total. The SMILES string of the molecule is CC1CCC(CO)(NC(=O)CCc2cccs2)CC1. The van der Waals surface area contributed by atoms with Gasteiger partial charge in [0.05, 0.1) is 12.1 Å². The summed E-state index contributed by atoms with van der Waals surface area (Å²) in [6.45, 7) is 2.30. The van der Waals surface area contributed by atoms with Gasteiger partial charge in [-0.3, -0.25) is 4.79 Å². The first-order valence-corrected chi connectivity index (χ1v) is 7.96. The van der Waals surface area contributed by atoms with Crippen LogP contribution in [0.1, 0.15) is 43.9 Å². The van der Waals surface area contributed by atoms with E-state index in [1.165, 1.54) is 4.88 Å². The number of hydrogen-bond donors (Lipinski definition) is 2. The summed E-state index contributed by atoms with van der Waals surface area (Å²) in [6, 6.07) is 4.07. The molecule has 19 heavy (non-hydrogen) atoms. The van der Waals surface area contributed by atoms with E-state index in [2.05, 4.69) is 18.3 Å². The standard InChI is InChI=1S/C15H23NO2S/c1-12-6-8-15(11-17,9-7-12)16-14(18)5-4-13-3-2-10-19-13/h2-3,10,12,17H,4-9,11H2,1H3,(H,16,18). The lowest BCUT2D eigenvalue weighted by molar-refractivity contribution is -0.124. The fourth-order valence-corrected chi connectivity index (χ4v) is 3.40. The largest absolute Gasteiger partial charge is 0.394 e. The minimum Gasteiger partial charge on any atom is -0.394 e. The second-order valence-electron chi connectivity index (χ2n) is 5.75. The van der Waals surface area contributed by atoms with Gasteiger partial charge in [-0.25, -0.2) is 0 Å². The van der Waals surface area contributed by atoms with Gasteiger partial charge in [0.1, 0.15) is 0 Å². The van der Waals surface area contributed by atoms with Crippen molar-refractivity contribution >= 4 is 17.2 Å². The highest BCUT2D eigenvalue weighted by molar-refractivity contribution is 7.09. The van der Waals surface area contributed by atoms with Crippen LogP contribution in [0.25, 0.3) is 0 Å². The summed E-state index contributed by atoms with van der Waals surface area (Å²) < 4.78 is 0. The minimum absolute atomic E-state index is 0.0600. The van der Waals surface area contributed by atoms with E-state index in [1.807, 2.05) is 11.4 Å². The lowest BCUT2D eigenvalue weighted by Gasteiger charge is -2.38. The molecular formula is C15H23NO2S. The van der Waals surface area contributed by atoms with E-state index in [1.54, 1.807) is 11.3 Å². The molecule has 1 aromatic heterocycles. The molecule has 0 spiro atoms. The van der Waals surface area contributed by atoms with Crippen LogP contribution in [0.4, 0.5) is 0 Å². The molecule has 1 aliphatic rings. The number of aliphatic hydroxyl groups is 1. The van der Waals surface area contributed by atoms with Crippen molar-refractivity contribution in [3.63, 3.8) is 0 Å². The van der Waals surface area contributed by atoms with E-state index in [4.69, 9.17) is 0 Å². The predicted molar refractivity (Wildman–Crippen MR) is 78.2 cm³/mol. The molecule has 1 aromatic rings. The van der Waals surface area contributed by atoms with Gasteiger partial charge >= 0.3 is 0 Å². The third kappa shape index (κ3) is 4.05. The third-order valence-electron chi connectivity index (χ3n) is 4.12. The molecule has 2 rings (SSSR count). The van der Waals surface area contributed by atoms with E-state index < -0.39 is 0 Å². The number of hydrogen-bond acceptors (Lipinski definition) is 3. The molecule has 1 amide bonds. The summed E-state index contributed by atoms with van der Waals surface area (Å²) in [5, 5.41) is 14.7. The molecule has 0 bridgehead atoms. The number of aryl methyl sites for hydroxylation is 1. The van der Waals surface area contributed by atoms with Crippen LogP contribution in [-0.4, -0.2) is 23.2 Å². The van der Waals surface area contributed by atoms with Crippen molar-refractivity contribution in [3.05, 3.63) is 22.4 Å². The van der Waals surface area contributed by atoms with Gasteiger partial charge in [0, 0.05) is 11.3 Å². The molecule has 1 heterocycles. The van der Waals surface area contributed by atoms with Crippen molar-refractivity contribution in [1.29, 1.82) is 0 Å². The van der Waals surface area contributed by atoms with E-state index in [0.717, 1.165) is 32.1 Å². The predicted octanol–water partition coefficient (Wildman–Crippen LogP) is 2.74. The quantitative estimate of drug-likeness (QED) is 0.872. The fourth-order valence-electron chi connectivity index (χ4n) is 2.69. The van der Waals surface area contributed by atoms with Crippen LogP contribution in [0, 0.1) is 5.92 Å². The Morgan fingerprint density at radius 3 is 2.84 bits per heavy atom. The first kappa shape index (κ1) is 14.5. The number of aliphatic hydroxyl groups excluding tert-OH is 1. The Bertz CT molecular complexity index is 394. The van der Waals surface area contributed by atoms with Crippen LogP contribution in [0.5, 0.6) is 0 Å². The first-order chi connectivity index (χ1) is 9.13. The van der Waals surface area contributed by atoms with Gasteiger partial charge in [-0.05, 0) is 49.5 Å². The molecule has 106 valence electrons. The second-order valence-corrected chi connectivity index (χ2v) is 6.78. The molecule has 4 heteroatoms. The summed E-state index contributed by atoms with van der Waals surface area (Å²) in [7, 11) is 0. The fraction of sp³-hybridized carbons (Fsp3) is 0.667. The molecule has 0 aromatic carbocycles. The Morgan fingerprint density at radius 2 is 2.26 bits per heavy atom. The zero-order chi connectivity index (χ0) is 13.7. The van der Waals surface area contributed by atoms with Gasteiger partial charge in [-0.15, -0.1) is 11.3 Å². The van der Waals surface area contributed by atoms with E-state index >= 15 is 0 Å². The van der Waals surface area contributed by atoms with Gasteiger partial charge in [0.25, 0.3) is 0 Å². The smallest absolute Gasteiger partial charge is 0.220 e. The van der Waals surface area contributed by atoms with Gasteiger partial charge in [0.2, 0.25) is 5.91 Å². The molecule has 0 radical (unpaired) electrons. The Hall–Kier alpha value is -0.870. The molecule has 0 atom stereocenters. The number of carbonyl (C=O) groups excluding carboxylic acids is 1. The zero-order valence-electron chi connectivity index (χ0n) is 11.5. The summed E-state index contributed by atoms with van der Waals surface area (Å²) in [6.07, 6.45) is 5.28. The Labute approximate surface area is 119 Å². The van der Waals surface area contributed by atoms with E-state index in [9.17, 15) is 9.90 Å². The van der Waals surface area contributed by atoms with Crippen molar-refractivity contribution < 1.29 is 9.90 Å². The summed E-state index contributed by atoms with van der Waals surface area (Å²) >= 11 is 1.69. The minimum atomic E-state index is -0.362. The van der Waals surface area contributed by atoms with Crippen LogP contribution < -0.4 is 5.32 Å². The summed E-state index contributed by atoms with van der Waals surface area (Å²) in [4.78, 5) is 13.3. The average Bonchev–Trinajstić information content (AvgIpc) is 2.93. The Morgan fingerprint density at radius 1 is 1.53 bits per heavy atom. The Kier molecular flexibility index (Phi) is 4.99. The molecule has 1 aliphatic carbocycles. The van der Waals surface area contributed by atoms with Crippen molar-refractivity contribution in [1.82, 2.24) is 5.32 Å². The van der Waals surface area contributed by atoms with E-state index in [-0.39, 0.29) is 18.1 Å². The van der Waals surface area contributed by atoms with Crippen LogP contribution in [-0.2, 0) is 11.2 Å². The first-order valence-electron chi connectivity index (χ1n) is 7.08. The van der Waals surface area contributed by atoms with Gasteiger partial charge in [0.15, 0.2) is 0 Å². The van der Waals surface area contributed by atoms with Gasteiger partial charge in [-0.1, -0.05) is 13.0 Å². The zero-order valence-corrected chi connectivity index (χ0v) is 12.3. The second kappa shape index (κ2) is 6.53. The average molecular weight is 281 g/mol. The topological polar surface area (TPSA) is 49.3 Å². The third-order valence-corrected chi connectivity index (χ3v) is 5.05. The number of nitrogens with one attached hydrogen (secondary N) is 1. The molecule has 0 unspecified atom stereocenters. The monoisotopic (exact) mass is 281 g/mol. The molecule has 0 aliphatic heterocycles. The maximum absolute atomic E-state index is 12.0. The maximum atomic E-state index is 12.0. The lowest BCUT2D eigenvalue weighted by atomic mass is 9.77. The van der Waals surface area contributed by atoms with Crippen molar-refractivity contribution in [2.45, 2.75) is 51.0 Å². The summed E-state index contributed by atoms with van der Waals surface area (Å²) in [5.41, 5.74) is -0.362. The maximum Gasteiger partial charge on any atom is 0.220 e. The normalized spacial score (nSPS) is 27.2. The lowest BCUT2D eigenvalue weighted by Crippen LogP contribution is -2.53. The highest BCUT2D eigenvalue weighted by atomic mass is 32.1. The van der Waals surface area contributed by atoms with Crippen LogP contribution in [0.2, 0.25) is 0 Å². The number of thiophene rings is 1. The van der Waals surface area contributed by atoms with E-state index in [0.29, 0.717) is 12.3 Å². The number of amides is 1. The van der Waals surface area contributed by atoms with Crippen LogP contribution in [0.3, 0.4) is 0 Å². The molecule has 1 fully saturated rings. The number of rotatable bonds is 5. The van der Waals surface area contributed by atoms with Crippen molar-refractivity contribution in [2.24, 2.45) is 5.92 Å².